The van der Waals surface area contributed by atoms with Crippen molar-refractivity contribution in [3.63, 3.8) is 0 Å². The Balaban J connectivity index is 2.23. The number of rotatable bonds is 3. The van der Waals surface area contributed by atoms with Crippen LogP contribution in [0.5, 0.6) is 0 Å². The van der Waals surface area contributed by atoms with E-state index in [1.165, 1.54) is 24.1 Å². The molecule has 102 valence electrons. The van der Waals surface area contributed by atoms with Gasteiger partial charge in [-0.05, 0) is 6.07 Å². The summed E-state index contributed by atoms with van der Waals surface area (Å²) in [6.07, 6.45) is -0.0752. The predicted octanol–water partition coefficient (Wildman–Crippen LogP) is -0.916. The standard InChI is InChI=1S/C11H13N3O5/c1-19-6-4-8(11(17)18)14(5-6)10(16)7-2-3-9(15)13-12-7/h2-3,6,8H,4-5H2,1H3,(H,13,15)(H,17,18). The van der Waals surface area contributed by atoms with Gasteiger partial charge in [0.2, 0.25) is 0 Å². The number of ether oxygens (including phenoxy) is 1. The lowest BCUT2D eigenvalue weighted by molar-refractivity contribution is -0.141. The summed E-state index contributed by atoms with van der Waals surface area (Å²) in [5.41, 5.74) is -0.426. The summed E-state index contributed by atoms with van der Waals surface area (Å²) in [5.74, 6) is -1.62. The van der Waals surface area contributed by atoms with Crippen LogP contribution in [0.3, 0.4) is 0 Å². The van der Waals surface area contributed by atoms with Crippen molar-refractivity contribution in [1.29, 1.82) is 0 Å². The molecule has 1 aliphatic heterocycles. The van der Waals surface area contributed by atoms with Crippen LogP contribution in [0.1, 0.15) is 16.9 Å². The van der Waals surface area contributed by atoms with Crippen LogP contribution in [0.4, 0.5) is 0 Å². The van der Waals surface area contributed by atoms with Gasteiger partial charge in [0.1, 0.15) is 11.7 Å². The maximum Gasteiger partial charge on any atom is 0.326 e. The normalized spacial score (nSPS) is 22.5. The fourth-order valence-electron chi connectivity index (χ4n) is 2.04. The first kappa shape index (κ1) is 13.2. The van der Waals surface area contributed by atoms with Crippen LogP contribution in [0.15, 0.2) is 16.9 Å². The molecule has 0 bridgehead atoms. The summed E-state index contributed by atoms with van der Waals surface area (Å²) < 4.78 is 5.09. The molecule has 2 N–H and O–H groups in total. The zero-order chi connectivity index (χ0) is 14.0. The molecular formula is C11H13N3O5. The minimum atomic E-state index is -1.09. The number of amides is 1. The van der Waals surface area contributed by atoms with E-state index in [-0.39, 0.29) is 24.8 Å². The SMILES string of the molecule is COC1CC(C(=O)O)N(C(=O)c2ccc(=O)[nH]n2)C1. The maximum atomic E-state index is 12.2. The second kappa shape index (κ2) is 5.19. The number of aromatic nitrogens is 2. The number of carboxylic acids is 1. The summed E-state index contributed by atoms with van der Waals surface area (Å²) in [7, 11) is 1.47. The van der Waals surface area contributed by atoms with Crippen LogP contribution in [0, 0.1) is 0 Å². The number of H-pyrrole nitrogens is 1. The van der Waals surface area contributed by atoms with Crippen molar-refractivity contribution >= 4 is 11.9 Å². The number of hydrogen-bond donors (Lipinski definition) is 2. The zero-order valence-electron chi connectivity index (χ0n) is 10.2. The van der Waals surface area contributed by atoms with E-state index >= 15 is 0 Å². The lowest BCUT2D eigenvalue weighted by Gasteiger charge is -2.20. The Morgan fingerprint density at radius 3 is 2.79 bits per heavy atom. The first-order valence-corrected chi connectivity index (χ1v) is 5.65. The minimum absolute atomic E-state index is 0.00241. The number of hydrogen-bond acceptors (Lipinski definition) is 5. The van der Waals surface area contributed by atoms with E-state index in [0.29, 0.717) is 0 Å². The monoisotopic (exact) mass is 267 g/mol. The zero-order valence-corrected chi connectivity index (χ0v) is 10.2. The van der Waals surface area contributed by atoms with Crippen molar-refractivity contribution in [3.8, 4) is 0 Å². The molecule has 2 heterocycles. The summed E-state index contributed by atoms with van der Waals surface area (Å²) in [5, 5.41) is 14.9. The molecule has 19 heavy (non-hydrogen) atoms. The van der Waals surface area contributed by atoms with Crippen LogP contribution >= 0.6 is 0 Å². The Labute approximate surface area is 108 Å². The average molecular weight is 267 g/mol. The molecule has 0 saturated carbocycles. The predicted molar refractivity (Wildman–Crippen MR) is 62.7 cm³/mol. The van der Waals surface area contributed by atoms with Crippen LogP contribution in [-0.4, -0.2) is 57.9 Å². The molecule has 1 saturated heterocycles. The number of nitrogens with zero attached hydrogens (tertiary/aromatic N) is 2. The van der Waals surface area contributed by atoms with Gasteiger partial charge in [0.05, 0.1) is 6.10 Å². The molecule has 1 amide bonds. The van der Waals surface area contributed by atoms with Crippen molar-refractivity contribution in [2.24, 2.45) is 0 Å². The second-order valence-corrected chi connectivity index (χ2v) is 4.21. The molecule has 1 aromatic rings. The lowest BCUT2D eigenvalue weighted by atomic mass is 10.2. The highest BCUT2D eigenvalue weighted by atomic mass is 16.5. The number of carbonyl (C=O) groups excluding carboxylic acids is 1. The third-order valence-electron chi connectivity index (χ3n) is 3.04. The van der Waals surface area contributed by atoms with Crippen molar-refractivity contribution < 1.29 is 19.4 Å². The minimum Gasteiger partial charge on any atom is -0.480 e. The highest BCUT2D eigenvalue weighted by molar-refractivity contribution is 5.95. The third-order valence-corrected chi connectivity index (χ3v) is 3.04. The highest BCUT2D eigenvalue weighted by Gasteiger charge is 2.40. The van der Waals surface area contributed by atoms with Gasteiger partial charge in [-0.2, -0.15) is 5.10 Å². The Kier molecular flexibility index (Phi) is 3.61. The van der Waals surface area contributed by atoms with Crippen molar-refractivity contribution in [3.05, 3.63) is 28.2 Å². The fraction of sp³-hybridized carbons (Fsp3) is 0.455. The summed E-state index contributed by atoms with van der Waals surface area (Å²) >= 11 is 0. The van der Waals surface area contributed by atoms with E-state index in [1.54, 1.807) is 0 Å². The average Bonchev–Trinajstić information content (AvgIpc) is 2.83. The molecule has 0 aromatic carbocycles. The number of methoxy groups -OCH3 is 1. The Morgan fingerprint density at radius 2 is 2.26 bits per heavy atom. The molecule has 2 atom stereocenters. The topological polar surface area (TPSA) is 113 Å². The van der Waals surface area contributed by atoms with Gasteiger partial charge in [0.15, 0.2) is 0 Å². The smallest absolute Gasteiger partial charge is 0.326 e. The van der Waals surface area contributed by atoms with Gasteiger partial charge in [-0.3, -0.25) is 9.59 Å². The van der Waals surface area contributed by atoms with Gasteiger partial charge in [0, 0.05) is 26.1 Å². The molecule has 8 nitrogen and oxygen atoms in total. The third kappa shape index (κ3) is 2.63. The number of likely N-dealkylation sites (tertiary alicyclic amines) is 1. The molecule has 8 heteroatoms. The van der Waals surface area contributed by atoms with E-state index in [2.05, 4.69) is 10.2 Å². The number of aliphatic carboxylic acids is 1. The molecule has 1 aromatic heterocycles. The Bertz CT molecular complexity index is 535. The van der Waals surface area contributed by atoms with Crippen LogP contribution in [-0.2, 0) is 9.53 Å². The number of carboxylic acid groups (broad SMARTS) is 1. The summed E-state index contributed by atoms with van der Waals surface area (Å²) in [4.78, 5) is 35.4. The van der Waals surface area contributed by atoms with Gasteiger partial charge in [-0.1, -0.05) is 0 Å². The first-order chi connectivity index (χ1) is 9.02. The Morgan fingerprint density at radius 1 is 1.53 bits per heavy atom. The number of carbonyl (C=O) groups is 2. The van der Waals surface area contributed by atoms with Crippen LogP contribution < -0.4 is 5.56 Å². The molecule has 2 unspecified atom stereocenters. The summed E-state index contributed by atoms with van der Waals surface area (Å²) in [6, 6.07) is 1.49. The van der Waals surface area contributed by atoms with E-state index < -0.39 is 23.5 Å². The lowest BCUT2D eigenvalue weighted by Crippen LogP contribution is -2.41. The van der Waals surface area contributed by atoms with E-state index in [0.717, 1.165) is 0 Å². The van der Waals surface area contributed by atoms with Crippen LogP contribution in [0.25, 0.3) is 0 Å². The molecule has 1 fully saturated rings. The summed E-state index contributed by atoms with van der Waals surface area (Å²) in [6.45, 7) is 0.188. The van der Waals surface area contributed by atoms with Gasteiger partial charge in [-0.15, -0.1) is 0 Å². The van der Waals surface area contributed by atoms with E-state index in [4.69, 9.17) is 9.84 Å². The second-order valence-electron chi connectivity index (χ2n) is 4.21. The number of aromatic amines is 1. The van der Waals surface area contributed by atoms with Crippen molar-refractivity contribution in [1.82, 2.24) is 15.1 Å². The van der Waals surface area contributed by atoms with Gasteiger partial charge < -0.3 is 14.7 Å². The van der Waals surface area contributed by atoms with E-state index in [9.17, 15) is 14.4 Å². The molecule has 0 aliphatic carbocycles. The van der Waals surface area contributed by atoms with Crippen molar-refractivity contribution in [2.75, 3.05) is 13.7 Å². The quantitative estimate of drug-likeness (QED) is 0.732. The highest BCUT2D eigenvalue weighted by Crippen LogP contribution is 2.21. The Hall–Kier alpha value is -2.22. The van der Waals surface area contributed by atoms with Gasteiger partial charge >= 0.3 is 5.97 Å². The van der Waals surface area contributed by atoms with Gasteiger partial charge in [-0.25, -0.2) is 9.89 Å². The largest absolute Gasteiger partial charge is 0.480 e. The maximum absolute atomic E-state index is 12.2. The van der Waals surface area contributed by atoms with Crippen LogP contribution in [0.2, 0.25) is 0 Å². The van der Waals surface area contributed by atoms with E-state index in [1.807, 2.05) is 0 Å². The fourth-order valence-corrected chi connectivity index (χ4v) is 2.04. The molecule has 2 rings (SSSR count). The van der Waals surface area contributed by atoms with Gasteiger partial charge in [0.25, 0.3) is 11.5 Å². The molecular weight excluding hydrogens is 254 g/mol. The first-order valence-electron chi connectivity index (χ1n) is 5.65. The molecule has 1 aliphatic rings. The number of nitrogens with one attached hydrogen (secondary N) is 1. The molecule has 0 spiro atoms. The molecule has 0 radical (unpaired) electrons. The van der Waals surface area contributed by atoms with Crippen molar-refractivity contribution in [2.45, 2.75) is 18.6 Å².